The van der Waals surface area contributed by atoms with Gasteiger partial charge in [-0.3, -0.25) is 4.79 Å². The molecule has 1 amide bonds. The van der Waals surface area contributed by atoms with E-state index in [0.717, 1.165) is 51.4 Å². The highest BCUT2D eigenvalue weighted by molar-refractivity contribution is 5.76. The van der Waals surface area contributed by atoms with Crippen molar-refractivity contribution in [3.05, 3.63) is 0 Å². The monoisotopic (exact) mass is 1300 g/mol. The molecule has 14 nitrogen and oxygen atoms in total. The summed E-state index contributed by atoms with van der Waals surface area (Å²) in [6, 6.07) is -0.824. The lowest BCUT2D eigenvalue weighted by molar-refractivity contribution is -0.359. The molecular weight excluding hydrogens is 1150 g/mol. The Labute approximate surface area is 559 Å². The lowest BCUT2D eigenvalue weighted by Crippen LogP contribution is -2.65. The molecule has 2 fully saturated rings. The Bertz CT molecular complexity index is 1530. The van der Waals surface area contributed by atoms with E-state index < -0.39 is 86.8 Å². The molecule has 0 bridgehead atoms. The Kier molecular flexibility index (Phi) is 59.1. The summed E-state index contributed by atoms with van der Waals surface area (Å²) in [6.07, 6.45) is 60.3. The molecule has 542 valence electrons. The molecule has 0 aromatic heterocycles. The fourth-order valence-electron chi connectivity index (χ4n) is 13.8. The molecule has 14 heteroatoms. The average molecular weight is 1300 g/mol. The van der Waals surface area contributed by atoms with Crippen LogP contribution in [0.2, 0.25) is 0 Å². The molecule has 2 rings (SSSR count). The smallest absolute Gasteiger partial charge is 0.220 e. The molecule has 12 unspecified atom stereocenters. The third-order valence-electron chi connectivity index (χ3n) is 20.1. The molecule has 9 N–H and O–H groups in total. The van der Waals surface area contributed by atoms with Crippen molar-refractivity contribution >= 4 is 5.91 Å². The van der Waals surface area contributed by atoms with Crippen LogP contribution >= 0.6 is 0 Å². The van der Waals surface area contributed by atoms with Crippen molar-refractivity contribution in [1.82, 2.24) is 5.32 Å². The van der Waals surface area contributed by atoms with Crippen LogP contribution in [0.3, 0.4) is 0 Å². The molecule has 0 saturated carbocycles. The topological polar surface area (TPSA) is 228 Å². The molecule has 2 saturated heterocycles. The SMILES string of the molecule is CCCCCCCCCCCCCCCCCCCCCCCCCCCCCCCCCCCCCCCCCCCC(=O)NC(COC1OC(CO)C(OC2OC(CO)C(O)C(O)C2O)C(O)C1O)C(O)CCCCCCCCCCCCCCCCCC. The van der Waals surface area contributed by atoms with Crippen LogP contribution in [0.1, 0.15) is 393 Å². The minimum absolute atomic E-state index is 0.197. The number of hydrogen-bond acceptors (Lipinski definition) is 13. The Morgan fingerprint density at radius 2 is 0.626 bits per heavy atom. The first-order valence-electron chi connectivity index (χ1n) is 39.8. The summed E-state index contributed by atoms with van der Waals surface area (Å²) in [4.78, 5) is 13.4. The summed E-state index contributed by atoms with van der Waals surface area (Å²) < 4.78 is 22.9. The van der Waals surface area contributed by atoms with E-state index in [1.54, 1.807) is 0 Å². The largest absolute Gasteiger partial charge is 0.394 e. The molecule has 2 heterocycles. The van der Waals surface area contributed by atoms with Gasteiger partial charge in [0.15, 0.2) is 12.6 Å². The van der Waals surface area contributed by atoms with Crippen LogP contribution in [0.4, 0.5) is 0 Å². The molecule has 0 spiro atoms. The first-order valence-corrected chi connectivity index (χ1v) is 39.8. The average Bonchev–Trinajstić information content (AvgIpc) is 1.24. The third kappa shape index (κ3) is 46.0. The molecule has 0 aromatic carbocycles. The van der Waals surface area contributed by atoms with Crippen LogP contribution in [0, 0.1) is 0 Å². The molecule has 12 atom stereocenters. The first-order chi connectivity index (χ1) is 44.6. The zero-order valence-electron chi connectivity index (χ0n) is 59.4. The standard InChI is InChI=1S/C77H151NO13/c1-3-5-7-9-11-13-15-17-19-21-22-23-24-25-26-27-28-29-30-31-32-33-34-35-36-37-38-39-40-41-42-43-44-45-47-49-51-53-55-57-59-61-69(82)78-65(66(81)60-58-56-54-52-50-48-46-20-18-16-14-12-10-8-6-4-2)64-88-76-74(87)72(85)75(68(63-80)90-76)91-77-73(86)71(84)70(83)67(62-79)89-77/h65-68,70-77,79-81,83-87H,3-64H2,1-2H3,(H,78,82). The summed E-state index contributed by atoms with van der Waals surface area (Å²) in [5.74, 6) is -0.197. The van der Waals surface area contributed by atoms with Gasteiger partial charge in [0.25, 0.3) is 0 Å². The summed E-state index contributed by atoms with van der Waals surface area (Å²) >= 11 is 0. The summed E-state index contributed by atoms with van der Waals surface area (Å²) in [7, 11) is 0. The van der Waals surface area contributed by atoms with Gasteiger partial charge in [0, 0.05) is 6.42 Å². The normalized spacial score (nSPS) is 22.7. The maximum atomic E-state index is 13.4. The van der Waals surface area contributed by atoms with E-state index in [4.69, 9.17) is 18.9 Å². The Morgan fingerprint density at radius 3 is 0.934 bits per heavy atom. The summed E-state index contributed by atoms with van der Waals surface area (Å²) in [5.41, 5.74) is 0. The van der Waals surface area contributed by atoms with E-state index in [2.05, 4.69) is 19.2 Å². The van der Waals surface area contributed by atoms with E-state index in [1.807, 2.05) is 0 Å². The quantitative estimate of drug-likeness (QED) is 0.0259. The first kappa shape index (κ1) is 86.1. The van der Waals surface area contributed by atoms with E-state index in [-0.39, 0.29) is 12.5 Å². The minimum atomic E-state index is -1.78. The molecular formula is C77H151NO13. The number of unbranched alkanes of at least 4 members (excludes halogenated alkanes) is 55. The van der Waals surface area contributed by atoms with Gasteiger partial charge in [-0.1, -0.05) is 373 Å². The van der Waals surface area contributed by atoms with Gasteiger partial charge < -0.3 is 65.1 Å². The second-order valence-electron chi connectivity index (χ2n) is 28.6. The van der Waals surface area contributed by atoms with Crippen molar-refractivity contribution in [3.63, 3.8) is 0 Å². The van der Waals surface area contributed by atoms with Gasteiger partial charge in [-0.05, 0) is 12.8 Å². The molecule has 0 aliphatic carbocycles. The van der Waals surface area contributed by atoms with Crippen LogP contribution in [0.25, 0.3) is 0 Å². The van der Waals surface area contributed by atoms with E-state index in [9.17, 15) is 45.6 Å². The minimum Gasteiger partial charge on any atom is -0.394 e. The highest BCUT2D eigenvalue weighted by atomic mass is 16.7. The molecule has 2 aliphatic rings. The molecule has 2 aliphatic heterocycles. The number of amides is 1. The van der Waals surface area contributed by atoms with Crippen LogP contribution in [-0.2, 0) is 23.7 Å². The van der Waals surface area contributed by atoms with Crippen LogP contribution in [0.5, 0.6) is 0 Å². The van der Waals surface area contributed by atoms with Crippen molar-refractivity contribution in [2.45, 2.75) is 466 Å². The number of carbonyl (C=O) groups is 1. The van der Waals surface area contributed by atoms with Crippen LogP contribution in [-0.4, -0.2) is 140 Å². The zero-order chi connectivity index (χ0) is 65.9. The third-order valence-corrected chi connectivity index (χ3v) is 20.1. The van der Waals surface area contributed by atoms with Crippen molar-refractivity contribution in [2.24, 2.45) is 0 Å². The lowest BCUT2D eigenvalue weighted by atomic mass is 9.97. The molecule has 91 heavy (non-hydrogen) atoms. The van der Waals surface area contributed by atoms with Crippen molar-refractivity contribution < 1.29 is 64.6 Å². The fourth-order valence-corrected chi connectivity index (χ4v) is 13.8. The van der Waals surface area contributed by atoms with Gasteiger partial charge in [0.1, 0.15) is 48.8 Å². The highest BCUT2D eigenvalue weighted by Crippen LogP contribution is 2.31. The maximum Gasteiger partial charge on any atom is 0.220 e. The van der Waals surface area contributed by atoms with Gasteiger partial charge in [-0.25, -0.2) is 0 Å². The number of ether oxygens (including phenoxy) is 4. The molecule has 0 radical (unpaired) electrons. The predicted molar refractivity (Wildman–Crippen MR) is 374 cm³/mol. The summed E-state index contributed by atoms with van der Waals surface area (Å²) in [6.45, 7) is 2.93. The van der Waals surface area contributed by atoms with E-state index in [0.29, 0.717) is 12.8 Å². The van der Waals surface area contributed by atoms with E-state index in [1.165, 1.54) is 315 Å². The number of rotatable bonds is 68. The highest BCUT2D eigenvalue weighted by Gasteiger charge is 2.51. The van der Waals surface area contributed by atoms with Crippen LogP contribution < -0.4 is 5.32 Å². The van der Waals surface area contributed by atoms with E-state index >= 15 is 0 Å². The molecule has 0 aromatic rings. The second kappa shape index (κ2) is 62.5. The van der Waals surface area contributed by atoms with Gasteiger partial charge >= 0.3 is 0 Å². The number of carbonyl (C=O) groups excluding carboxylic acids is 1. The number of aliphatic hydroxyl groups excluding tert-OH is 8. The lowest BCUT2D eigenvalue weighted by Gasteiger charge is -2.46. The van der Waals surface area contributed by atoms with Crippen molar-refractivity contribution in [2.75, 3.05) is 19.8 Å². The predicted octanol–water partition coefficient (Wildman–Crippen LogP) is 17.5. The number of nitrogens with one attached hydrogen (secondary N) is 1. The van der Waals surface area contributed by atoms with Crippen LogP contribution in [0.15, 0.2) is 0 Å². The Hall–Kier alpha value is -1.01. The van der Waals surface area contributed by atoms with Gasteiger partial charge in [-0.15, -0.1) is 0 Å². The number of aliphatic hydroxyl groups is 8. The number of hydrogen-bond donors (Lipinski definition) is 9. The zero-order valence-corrected chi connectivity index (χ0v) is 59.4. The van der Waals surface area contributed by atoms with Gasteiger partial charge in [0.2, 0.25) is 5.91 Å². The van der Waals surface area contributed by atoms with Gasteiger partial charge in [0.05, 0.1) is 32.0 Å². The van der Waals surface area contributed by atoms with Crippen molar-refractivity contribution in [3.8, 4) is 0 Å². The van der Waals surface area contributed by atoms with Crippen molar-refractivity contribution in [1.29, 1.82) is 0 Å². The summed E-state index contributed by atoms with van der Waals surface area (Å²) in [5, 5.41) is 87.6. The van der Waals surface area contributed by atoms with Gasteiger partial charge in [-0.2, -0.15) is 0 Å². The Morgan fingerprint density at radius 1 is 0.352 bits per heavy atom. The maximum absolute atomic E-state index is 13.4. The second-order valence-corrected chi connectivity index (χ2v) is 28.6. The fraction of sp³-hybridized carbons (Fsp3) is 0.987. The Balaban J connectivity index is 1.51.